The molecule has 1 amide bonds. The Hall–Kier alpha value is -2.06. The highest BCUT2D eigenvalue weighted by Gasteiger charge is 2.31. The molecule has 7 nitrogen and oxygen atoms in total. The summed E-state index contributed by atoms with van der Waals surface area (Å²) in [6.07, 6.45) is -3.28. The largest absolute Gasteiger partial charge is 0.481 e. The second-order valence-electron chi connectivity index (χ2n) is 5.32. The lowest BCUT2D eigenvalue weighted by molar-refractivity contribution is -0.143. The Labute approximate surface area is 159 Å². The van der Waals surface area contributed by atoms with Gasteiger partial charge in [0.05, 0.1) is 6.42 Å². The number of aliphatic carboxylic acids is 2. The maximum atomic E-state index is 13.8. The number of carboxylic acids is 2. The fourth-order valence-corrected chi connectivity index (χ4v) is 2.62. The van der Waals surface area contributed by atoms with Crippen molar-refractivity contribution in [2.75, 3.05) is 29.7 Å². The molecule has 1 aromatic carbocycles. The average molecular weight is 409 g/mol. The number of benzene rings is 1. The molecule has 0 fully saturated rings. The molecule has 0 bridgehead atoms. The molecule has 1 unspecified atom stereocenters. The fraction of sp³-hybridized carbons (Fsp3) is 0.438. The molecule has 0 saturated heterocycles. The third-order valence-corrected chi connectivity index (χ3v) is 3.83. The Bertz CT molecular complexity index is 624. The number of hydrogen-bond acceptors (Lipinski definition) is 4. The summed E-state index contributed by atoms with van der Waals surface area (Å²) in [4.78, 5) is 35.7. The number of nitrogens with zero attached hydrogens (tertiary/aromatic N) is 1. The van der Waals surface area contributed by atoms with Crippen molar-refractivity contribution in [1.82, 2.24) is 5.32 Å². The first-order valence-electron chi connectivity index (χ1n) is 7.66. The lowest BCUT2D eigenvalue weighted by Gasteiger charge is -2.23. The van der Waals surface area contributed by atoms with Crippen LogP contribution in [0.2, 0.25) is 0 Å². The molecule has 26 heavy (non-hydrogen) atoms. The van der Waals surface area contributed by atoms with Crippen LogP contribution in [0.5, 0.6) is 0 Å². The summed E-state index contributed by atoms with van der Waals surface area (Å²) in [5, 5.41) is 19.6. The second kappa shape index (κ2) is 10.8. The van der Waals surface area contributed by atoms with Crippen molar-refractivity contribution in [2.45, 2.75) is 18.6 Å². The summed E-state index contributed by atoms with van der Waals surface area (Å²) in [6.45, 7) is 1.11. The lowest BCUT2D eigenvalue weighted by Crippen LogP contribution is -2.47. The Balaban J connectivity index is 2.85. The maximum absolute atomic E-state index is 13.8. The van der Waals surface area contributed by atoms with Crippen molar-refractivity contribution < 1.29 is 29.0 Å². The molecule has 0 aliphatic rings. The summed E-state index contributed by atoms with van der Waals surface area (Å²) in [7, 11) is 0. The van der Waals surface area contributed by atoms with E-state index in [9.17, 15) is 18.8 Å². The zero-order valence-corrected chi connectivity index (χ0v) is 15.2. The van der Waals surface area contributed by atoms with Gasteiger partial charge in [0.2, 0.25) is 0 Å². The summed E-state index contributed by atoms with van der Waals surface area (Å²) in [5.74, 6) is -3.19. The van der Waals surface area contributed by atoms with E-state index in [2.05, 4.69) is 0 Å². The highest BCUT2D eigenvalue weighted by Crippen LogP contribution is 2.16. The van der Waals surface area contributed by atoms with Crippen molar-refractivity contribution in [2.24, 2.45) is 0 Å². The van der Waals surface area contributed by atoms with E-state index in [4.69, 9.17) is 33.4 Å². The van der Waals surface area contributed by atoms with E-state index in [0.29, 0.717) is 24.8 Å². The first kappa shape index (κ1) is 22.0. The first-order chi connectivity index (χ1) is 12.3. The van der Waals surface area contributed by atoms with Crippen LogP contribution in [-0.2, 0) is 9.59 Å². The summed E-state index contributed by atoms with van der Waals surface area (Å²) >= 11 is 11.5. The third kappa shape index (κ3) is 6.68. The third-order valence-electron chi connectivity index (χ3n) is 3.49. The zero-order valence-electron chi connectivity index (χ0n) is 13.7. The van der Waals surface area contributed by atoms with Crippen molar-refractivity contribution in [3.05, 3.63) is 29.8 Å². The SMILES string of the molecule is O=C(O)CC(F)[C@H](NC(=O)c1ccc(N(CCCl)CCCl)cc1)C(=O)O. The van der Waals surface area contributed by atoms with Gasteiger partial charge in [0.1, 0.15) is 6.17 Å². The summed E-state index contributed by atoms with van der Waals surface area (Å²) in [6, 6.07) is 4.21. The van der Waals surface area contributed by atoms with E-state index >= 15 is 0 Å². The quantitative estimate of drug-likeness (QED) is 0.483. The van der Waals surface area contributed by atoms with Crippen LogP contribution in [-0.4, -0.2) is 65.1 Å². The van der Waals surface area contributed by atoms with E-state index in [-0.39, 0.29) is 5.56 Å². The first-order valence-corrected chi connectivity index (χ1v) is 8.73. The topological polar surface area (TPSA) is 107 Å². The molecule has 0 saturated carbocycles. The molecule has 144 valence electrons. The highest BCUT2D eigenvalue weighted by molar-refractivity contribution is 6.18. The molecular formula is C16H19Cl2FN2O5. The average Bonchev–Trinajstić information content (AvgIpc) is 2.58. The van der Waals surface area contributed by atoms with Crippen molar-refractivity contribution in [3.8, 4) is 0 Å². The Morgan fingerprint density at radius 3 is 2.04 bits per heavy atom. The summed E-state index contributed by atoms with van der Waals surface area (Å²) < 4.78 is 13.8. The number of alkyl halides is 3. The smallest absolute Gasteiger partial charge is 0.329 e. The van der Waals surface area contributed by atoms with Gasteiger partial charge in [0.15, 0.2) is 6.04 Å². The number of rotatable bonds is 11. The van der Waals surface area contributed by atoms with E-state index in [1.807, 2.05) is 10.2 Å². The van der Waals surface area contributed by atoms with Crippen molar-refractivity contribution in [1.29, 1.82) is 0 Å². The molecule has 0 aliphatic heterocycles. The van der Waals surface area contributed by atoms with Crippen molar-refractivity contribution in [3.63, 3.8) is 0 Å². The van der Waals surface area contributed by atoms with Gasteiger partial charge >= 0.3 is 11.9 Å². The number of anilines is 1. The Kier molecular flexibility index (Phi) is 9.15. The number of hydrogen-bond donors (Lipinski definition) is 3. The van der Waals surface area contributed by atoms with Crippen LogP contribution < -0.4 is 10.2 Å². The van der Waals surface area contributed by atoms with Gasteiger partial charge in [-0.25, -0.2) is 9.18 Å². The van der Waals surface area contributed by atoms with Crippen LogP contribution in [0, 0.1) is 0 Å². The molecule has 10 heteroatoms. The minimum Gasteiger partial charge on any atom is -0.481 e. The molecule has 0 spiro atoms. The lowest BCUT2D eigenvalue weighted by atomic mass is 10.1. The molecule has 0 aliphatic carbocycles. The van der Waals surface area contributed by atoms with Gasteiger partial charge in [-0.1, -0.05) is 0 Å². The van der Waals surface area contributed by atoms with E-state index in [0.717, 1.165) is 5.69 Å². The molecular weight excluding hydrogens is 390 g/mol. The van der Waals surface area contributed by atoms with Crippen LogP contribution >= 0.6 is 23.2 Å². The minimum atomic E-state index is -2.25. The molecule has 0 radical (unpaired) electrons. The number of nitrogens with one attached hydrogen (secondary N) is 1. The predicted molar refractivity (Wildman–Crippen MR) is 96.1 cm³/mol. The van der Waals surface area contributed by atoms with Crippen LogP contribution in [0.4, 0.5) is 10.1 Å². The van der Waals surface area contributed by atoms with Gasteiger partial charge in [-0.2, -0.15) is 0 Å². The second-order valence-corrected chi connectivity index (χ2v) is 6.07. The van der Waals surface area contributed by atoms with E-state index in [1.165, 1.54) is 12.1 Å². The Morgan fingerprint density at radius 1 is 1.08 bits per heavy atom. The monoisotopic (exact) mass is 408 g/mol. The van der Waals surface area contributed by atoms with Gasteiger partial charge in [0, 0.05) is 36.1 Å². The minimum absolute atomic E-state index is 0.110. The molecule has 0 aromatic heterocycles. The molecule has 1 rings (SSSR count). The van der Waals surface area contributed by atoms with E-state index in [1.54, 1.807) is 12.1 Å². The highest BCUT2D eigenvalue weighted by atomic mass is 35.5. The standard InChI is InChI=1S/C16H19Cl2FN2O5/c17-5-7-21(8-6-18)11-3-1-10(2-4-11)15(24)20-14(16(25)26)12(19)9-13(22)23/h1-4,12,14H,5-9H2,(H,20,24)(H,22,23)(H,25,26)/t12?,14-/m0/s1. The van der Waals surface area contributed by atoms with Gasteiger partial charge in [0.25, 0.3) is 5.91 Å². The Morgan fingerprint density at radius 2 is 1.62 bits per heavy atom. The van der Waals surface area contributed by atoms with Gasteiger partial charge in [-0.05, 0) is 24.3 Å². The number of amides is 1. The molecule has 1 aromatic rings. The van der Waals surface area contributed by atoms with Gasteiger partial charge < -0.3 is 20.4 Å². The summed E-state index contributed by atoms with van der Waals surface area (Å²) in [5.41, 5.74) is 0.881. The normalized spacial score (nSPS) is 12.9. The number of carboxylic acid groups (broad SMARTS) is 2. The zero-order chi connectivity index (χ0) is 19.7. The van der Waals surface area contributed by atoms with Crippen LogP contribution in [0.15, 0.2) is 24.3 Å². The van der Waals surface area contributed by atoms with Crippen LogP contribution in [0.25, 0.3) is 0 Å². The number of carbonyl (C=O) groups is 3. The molecule has 0 heterocycles. The maximum Gasteiger partial charge on any atom is 0.329 e. The molecule has 3 N–H and O–H groups in total. The number of halogens is 3. The van der Waals surface area contributed by atoms with Gasteiger partial charge in [-0.3, -0.25) is 9.59 Å². The van der Waals surface area contributed by atoms with Crippen LogP contribution in [0.3, 0.4) is 0 Å². The van der Waals surface area contributed by atoms with Crippen molar-refractivity contribution >= 4 is 46.7 Å². The fourth-order valence-electron chi connectivity index (χ4n) is 2.21. The van der Waals surface area contributed by atoms with Crippen LogP contribution in [0.1, 0.15) is 16.8 Å². The number of carbonyl (C=O) groups excluding carboxylic acids is 1. The predicted octanol–water partition coefficient (Wildman–Crippen LogP) is 1.97. The van der Waals surface area contributed by atoms with Gasteiger partial charge in [-0.15, -0.1) is 23.2 Å². The molecule has 2 atom stereocenters. The van der Waals surface area contributed by atoms with E-state index < -0.39 is 36.5 Å².